The first-order valence-electron chi connectivity index (χ1n) is 3.65. The summed E-state index contributed by atoms with van der Waals surface area (Å²) < 4.78 is 0. The predicted octanol–water partition coefficient (Wildman–Crippen LogP) is 1.02. The maximum atomic E-state index is 10.2. The van der Waals surface area contributed by atoms with E-state index in [0.29, 0.717) is 12.1 Å². The van der Waals surface area contributed by atoms with E-state index < -0.39 is 5.97 Å². The Morgan fingerprint density at radius 3 is 3.09 bits per heavy atom. The van der Waals surface area contributed by atoms with Gasteiger partial charge in [0.25, 0.3) is 0 Å². The SMILES string of the molecule is CCC1CC(CC(=O)O)=NO1. The van der Waals surface area contributed by atoms with E-state index in [4.69, 9.17) is 9.94 Å². The van der Waals surface area contributed by atoms with Gasteiger partial charge >= 0.3 is 5.97 Å². The Morgan fingerprint density at radius 2 is 2.64 bits per heavy atom. The Kier molecular flexibility index (Phi) is 2.46. The van der Waals surface area contributed by atoms with Crippen molar-refractivity contribution in [3.05, 3.63) is 0 Å². The molecule has 1 atom stereocenters. The highest BCUT2D eigenvalue weighted by Crippen LogP contribution is 2.14. The number of nitrogens with zero attached hydrogens (tertiary/aromatic N) is 1. The maximum Gasteiger partial charge on any atom is 0.309 e. The quantitative estimate of drug-likeness (QED) is 0.665. The smallest absolute Gasteiger partial charge is 0.309 e. The van der Waals surface area contributed by atoms with Gasteiger partial charge < -0.3 is 9.94 Å². The van der Waals surface area contributed by atoms with Crippen LogP contribution < -0.4 is 0 Å². The summed E-state index contributed by atoms with van der Waals surface area (Å²) in [5, 5.41) is 12.1. The second-order valence-electron chi connectivity index (χ2n) is 2.57. The zero-order valence-electron chi connectivity index (χ0n) is 6.41. The highest BCUT2D eigenvalue weighted by atomic mass is 16.6. The molecule has 0 amide bonds. The van der Waals surface area contributed by atoms with Crippen LogP contribution in [0.3, 0.4) is 0 Å². The molecule has 1 rings (SSSR count). The summed E-state index contributed by atoms with van der Waals surface area (Å²) in [6.07, 6.45) is 1.66. The number of carboxylic acids is 1. The Morgan fingerprint density at radius 1 is 1.91 bits per heavy atom. The van der Waals surface area contributed by atoms with Crippen LogP contribution >= 0.6 is 0 Å². The van der Waals surface area contributed by atoms with Crippen LogP contribution in [-0.2, 0) is 9.63 Å². The molecular formula is C7H11NO3. The fourth-order valence-corrected chi connectivity index (χ4v) is 0.984. The average molecular weight is 157 g/mol. The monoisotopic (exact) mass is 157 g/mol. The molecule has 0 aromatic carbocycles. The standard InChI is InChI=1S/C7H11NO3/c1-2-6-3-5(8-11-6)4-7(9)10/h6H,2-4H2,1H3,(H,9,10). The fraction of sp³-hybridized carbons (Fsp3) is 0.714. The van der Waals surface area contributed by atoms with E-state index in [-0.39, 0.29) is 12.5 Å². The van der Waals surface area contributed by atoms with E-state index in [9.17, 15) is 4.79 Å². The first-order chi connectivity index (χ1) is 5.22. The summed E-state index contributed by atoms with van der Waals surface area (Å²) in [6.45, 7) is 1.99. The van der Waals surface area contributed by atoms with Gasteiger partial charge in [-0.2, -0.15) is 0 Å². The van der Waals surface area contributed by atoms with E-state index in [1.54, 1.807) is 0 Å². The van der Waals surface area contributed by atoms with Gasteiger partial charge in [-0.3, -0.25) is 4.79 Å². The van der Waals surface area contributed by atoms with Crippen LogP contribution in [-0.4, -0.2) is 22.9 Å². The van der Waals surface area contributed by atoms with Gasteiger partial charge in [0.2, 0.25) is 0 Å². The van der Waals surface area contributed by atoms with Crippen LogP contribution in [0.1, 0.15) is 26.2 Å². The van der Waals surface area contributed by atoms with Crippen molar-refractivity contribution in [2.45, 2.75) is 32.3 Å². The molecule has 1 unspecified atom stereocenters. The molecule has 0 bridgehead atoms. The number of oxime groups is 1. The molecule has 62 valence electrons. The van der Waals surface area contributed by atoms with Gasteiger partial charge in [0.1, 0.15) is 6.10 Å². The van der Waals surface area contributed by atoms with Crippen molar-refractivity contribution in [3.8, 4) is 0 Å². The van der Waals surface area contributed by atoms with Gasteiger partial charge in [0.15, 0.2) is 0 Å². The van der Waals surface area contributed by atoms with Crippen molar-refractivity contribution in [2.24, 2.45) is 5.16 Å². The number of carboxylic acid groups (broad SMARTS) is 1. The van der Waals surface area contributed by atoms with Crippen molar-refractivity contribution < 1.29 is 14.7 Å². The molecule has 1 heterocycles. The van der Waals surface area contributed by atoms with Gasteiger partial charge in [0, 0.05) is 6.42 Å². The van der Waals surface area contributed by atoms with Crippen molar-refractivity contribution in [1.82, 2.24) is 0 Å². The van der Waals surface area contributed by atoms with Crippen molar-refractivity contribution >= 4 is 11.7 Å². The lowest BCUT2D eigenvalue weighted by atomic mass is 10.1. The topological polar surface area (TPSA) is 58.9 Å². The normalized spacial score (nSPS) is 22.6. The highest BCUT2D eigenvalue weighted by molar-refractivity contribution is 5.98. The van der Waals surface area contributed by atoms with Gasteiger partial charge in [-0.05, 0) is 6.42 Å². The summed E-state index contributed by atoms with van der Waals surface area (Å²) >= 11 is 0. The van der Waals surface area contributed by atoms with E-state index in [2.05, 4.69) is 5.16 Å². The Bertz CT molecular complexity index is 188. The molecule has 0 aromatic rings. The van der Waals surface area contributed by atoms with Crippen molar-refractivity contribution in [2.75, 3.05) is 0 Å². The number of hydrogen-bond donors (Lipinski definition) is 1. The minimum Gasteiger partial charge on any atom is -0.481 e. The van der Waals surface area contributed by atoms with E-state index in [0.717, 1.165) is 6.42 Å². The van der Waals surface area contributed by atoms with Gasteiger partial charge in [0.05, 0.1) is 12.1 Å². The minimum absolute atomic E-state index is 0.0104. The Labute approximate surface area is 64.8 Å². The van der Waals surface area contributed by atoms with Crippen molar-refractivity contribution in [3.63, 3.8) is 0 Å². The first kappa shape index (κ1) is 8.04. The van der Waals surface area contributed by atoms with Crippen LogP contribution in [0.15, 0.2) is 5.16 Å². The summed E-state index contributed by atoms with van der Waals surface area (Å²) in [6, 6.07) is 0. The van der Waals surface area contributed by atoms with Gasteiger partial charge in [-0.1, -0.05) is 12.1 Å². The molecule has 11 heavy (non-hydrogen) atoms. The molecule has 1 aliphatic rings. The van der Waals surface area contributed by atoms with E-state index in [1.165, 1.54) is 0 Å². The van der Waals surface area contributed by atoms with Crippen LogP contribution in [0, 0.1) is 0 Å². The molecule has 1 N–H and O–H groups in total. The second kappa shape index (κ2) is 3.37. The predicted molar refractivity (Wildman–Crippen MR) is 39.5 cm³/mol. The molecule has 4 heteroatoms. The van der Waals surface area contributed by atoms with Crippen LogP contribution in [0.4, 0.5) is 0 Å². The average Bonchev–Trinajstić information content (AvgIpc) is 2.34. The van der Waals surface area contributed by atoms with Crippen LogP contribution in [0.25, 0.3) is 0 Å². The molecule has 0 radical (unpaired) electrons. The molecular weight excluding hydrogens is 146 g/mol. The summed E-state index contributed by atoms with van der Waals surface area (Å²) in [4.78, 5) is 15.2. The number of rotatable bonds is 3. The molecule has 0 saturated heterocycles. The third-order valence-corrected chi connectivity index (χ3v) is 1.60. The zero-order valence-corrected chi connectivity index (χ0v) is 6.41. The second-order valence-corrected chi connectivity index (χ2v) is 2.57. The molecule has 1 aliphatic heterocycles. The summed E-state index contributed by atoms with van der Waals surface area (Å²) in [5.41, 5.74) is 0.643. The maximum absolute atomic E-state index is 10.2. The number of hydrogen-bond acceptors (Lipinski definition) is 3. The Hall–Kier alpha value is -1.06. The minimum atomic E-state index is -0.843. The number of carbonyl (C=O) groups is 1. The third-order valence-electron chi connectivity index (χ3n) is 1.60. The lowest BCUT2D eigenvalue weighted by Crippen LogP contribution is -2.09. The summed E-state index contributed by atoms with van der Waals surface area (Å²) in [7, 11) is 0. The lowest BCUT2D eigenvalue weighted by molar-refractivity contribution is -0.135. The van der Waals surface area contributed by atoms with Gasteiger partial charge in [-0.15, -0.1) is 0 Å². The zero-order chi connectivity index (χ0) is 8.27. The Balaban J connectivity index is 2.34. The molecule has 4 nitrogen and oxygen atoms in total. The molecule has 0 spiro atoms. The fourth-order valence-electron chi connectivity index (χ4n) is 0.984. The highest BCUT2D eigenvalue weighted by Gasteiger charge is 2.20. The lowest BCUT2D eigenvalue weighted by Gasteiger charge is -2.00. The molecule has 0 aliphatic carbocycles. The van der Waals surface area contributed by atoms with E-state index >= 15 is 0 Å². The largest absolute Gasteiger partial charge is 0.481 e. The van der Waals surface area contributed by atoms with Crippen LogP contribution in [0.2, 0.25) is 0 Å². The molecule has 0 fully saturated rings. The number of aliphatic carboxylic acids is 1. The third kappa shape index (κ3) is 2.22. The molecule has 0 saturated carbocycles. The van der Waals surface area contributed by atoms with Gasteiger partial charge in [-0.25, -0.2) is 0 Å². The molecule has 0 aromatic heterocycles. The van der Waals surface area contributed by atoms with Crippen molar-refractivity contribution in [1.29, 1.82) is 0 Å². The summed E-state index contributed by atoms with van der Waals surface area (Å²) in [5.74, 6) is -0.843. The van der Waals surface area contributed by atoms with E-state index in [1.807, 2.05) is 6.92 Å². The first-order valence-corrected chi connectivity index (χ1v) is 3.65. The van der Waals surface area contributed by atoms with Crippen LogP contribution in [0.5, 0.6) is 0 Å².